The van der Waals surface area contributed by atoms with Gasteiger partial charge < -0.3 is 8.83 Å². The molecule has 5 nitrogen and oxygen atoms in total. The second-order valence-electron chi connectivity index (χ2n) is 5.58. The number of nitrogens with zero attached hydrogens (tertiary/aromatic N) is 3. The van der Waals surface area contributed by atoms with Gasteiger partial charge in [0.25, 0.3) is 5.89 Å². The first kappa shape index (κ1) is 13.7. The predicted molar refractivity (Wildman–Crippen MR) is 83.4 cm³/mol. The number of furan rings is 1. The standard InChI is InChI=1S/C16H17N3O2S/c1-11-6-8-20-15(11)16-18-17-14(21-16)10-19-7-2-4-12(19)13-5-3-9-22-13/h3,5-6,8-9,12H,2,4,7,10H2,1H3/t12-/m1/s1. The minimum absolute atomic E-state index is 0.462. The normalized spacial score (nSPS) is 19.0. The van der Waals surface area contributed by atoms with Crippen molar-refractivity contribution in [3.8, 4) is 11.7 Å². The number of thiophene rings is 1. The molecule has 22 heavy (non-hydrogen) atoms. The monoisotopic (exact) mass is 315 g/mol. The second kappa shape index (κ2) is 5.70. The van der Waals surface area contributed by atoms with E-state index in [1.54, 1.807) is 6.26 Å². The fourth-order valence-corrected chi connectivity index (χ4v) is 3.89. The molecule has 0 radical (unpaired) electrons. The molecule has 4 heterocycles. The van der Waals surface area contributed by atoms with Crippen molar-refractivity contribution < 1.29 is 8.83 Å². The molecular weight excluding hydrogens is 298 g/mol. The maximum Gasteiger partial charge on any atom is 0.283 e. The fraction of sp³-hybridized carbons (Fsp3) is 0.375. The third kappa shape index (κ3) is 2.48. The summed E-state index contributed by atoms with van der Waals surface area (Å²) < 4.78 is 11.2. The van der Waals surface area contributed by atoms with Crippen molar-refractivity contribution in [1.29, 1.82) is 0 Å². The molecule has 1 aliphatic rings. The number of hydrogen-bond donors (Lipinski definition) is 0. The zero-order chi connectivity index (χ0) is 14.9. The van der Waals surface area contributed by atoms with E-state index in [1.165, 1.54) is 17.7 Å². The van der Waals surface area contributed by atoms with Crippen molar-refractivity contribution in [3.05, 3.63) is 46.2 Å². The van der Waals surface area contributed by atoms with Crippen LogP contribution in [0.3, 0.4) is 0 Å². The summed E-state index contributed by atoms with van der Waals surface area (Å²) in [5.74, 6) is 1.77. The molecule has 4 rings (SSSR count). The van der Waals surface area contributed by atoms with E-state index < -0.39 is 0 Å². The SMILES string of the molecule is Cc1ccoc1-c1nnc(CN2CCC[C@@H]2c2cccs2)o1. The molecule has 1 atom stereocenters. The lowest BCUT2D eigenvalue weighted by Crippen LogP contribution is -2.22. The molecule has 0 spiro atoms. The molecule has 0 aliphatic carbocycles. The Morgan fingerprint density at radius 3 is 3.09 bits per heavy atom. The van der Waals surface area contributed by atoms with Crippen LogP contribution >= 0.6 is 11.3 Å². The largest absolute Gasteiger partial charge is 0.459 e. The van der Waals surface area contributed by atoms with E-state index in [-0.39, 0.29) is 0 Å². The first-order valence-corrected chi connectivity index (χ1v) is 8.33. The van der Waals surface area contributed by atoms with Crippen LogP contribution in [0.15, 0.2) is 38.7 Å². The van der Waals surface area contributed by atoms with Gasteiger partial charge in [-0.2, -0.15) is 0 Å². The zero-order valence-electron chi connectivity index (χ0n) is 12.4. The second-order valence-corrected chi connectivity index (χ2v) is 6.56. The first-order chi connectivity index (χ1) is 10.8. The van der Waals surface area contributed by atoms with Crippen LogP contribution in [0.4, 0.5) is 0 Å². The summed E-state index contributed by atoms with van der Waals surface area (Å²) in [5.41, 5.74) is 1.01. The Balaban J connectivity index is 1.52. The van der Waals surface area contributed by atoms with Gasteiger partial charge in [0.05, 0.1) is 12.8 Å². The Bertz CT molecular complexity index is 747. The van der Waals surface area contributed by atoms with E-state index in [9.17, 15) is 0 Å². The summed E-state index contributed by atoms with van der Waals surface area (Å²) in [5, 5.41) is 10.4. The summed E-state index contributed by atoms with van der Waals surface area (Å²) in [7, 11) is 0. The van der Waals surface area contributed by atoms with Crippen LogP contribution < -0.4 is 0 Å². The predicted octanol–water partition coefficient (Wildman–Crippen LogP) is 4.04. The molecular formula is C16H17N3O2S. The summed E-state index contributed by atoms with van der Waals surface area (Å²) in [6, 6.07) is 6.69. The molecule has 114 valence electrons. The van der Waals surface area contributed by atoms with Gasteiger partial charge in [0.2, 0.25) is 5.89 Å². The maximum atomic E-state index is 5.78. The molecule has 0 bridgehead atoms. The lowest BCUT2D eigenvalue weighted by atomic mass is 10.2. The van der Waals surface area contributed by atoms with Crippen LogP contribution in [-0.2, 0) is 6.54 Å². The molecule has 0 N–H and O–H groups in total. The molecule has 0 aromatic carbocycles. The quantitative estimate of drug-likeness (QED) is 0.727. The van der Waals surface area contributed by atoms with Gasteiger partial charge in [0.15, 0.2) is 5.76 Å². The molecule has 6 heteroatoms. The fourth-order valence-electron chi connectivity index (χ4n) is 2.99. The Morgan fingerprint density at radius 1 is 1.36 bits per heavy atom. The Kier molecular flexibility index (Phi) is 3.56. The number of aromatic nitrogens is 2. The van der Waals surface area contributed by atoms with Crippen LogP contribution in [0.1, 0.15) is 35.2 Å². The van der Waals surface area contributed by atoms with E-state index >= 15 is 0 Å². The minimum atomic E-state index is 0.462. The minimum Gasteiger partial charge on any atom is -0.459 e. The van der Waals surface area contributed by atoms with E-state index in [1.807, 2.05) is 24.3 Å². The van der Waals surface area contributed by atoms with Gasteiger partial charge in [-0.25, -0.2) is 0 Å². The topological polar surface area (TPSA) is 55.3 Å². The maximum absolute atomic E-state index is 5.78. The molecule has 3 aromatic rings. The molecule has 0 saturated carbocycles. The van der Waals surface area contributed by atoms with Crippen molar-refractivity contribution >= 4 is 11.3 Å². The van der Waals surface area contributed by atoms with Gasteiger partial charge in [-0.1, -0.05) is 6.07 Å². The number of hydrogen-bond acceptors (Lipinski definition) is 6. The van der Waals surface area contributed by atoms with Crippen molar-refractivity contribution in [2.45, 2.75) is 32.4 Å². The summed E-state index contributed by atoms with van der Waals surface area (Å²) in [6.07, 6.45) is 4.04. The van der Waals surface area contributed by atoms with E-state index in [4.69, 9.17) is 8.83 Å². The summed E-state index contributed by atoms with van der Waals surface area (Å²) in [6.45, 7) is 3.73. The van der Waals surface area contributed by atoms with Gasteiger partial charge in [-0.05, 0) is 43.8 Å². The van der Waals surface area contributed by atoms with Crippen molar-refractivity contribution in [2.75, 3.05) is 6.54 Å². The molecule has 0 unspecified atom stereocenters. The number of aryl methyl sites for hydroxylation is 1. The zero-order valence-corrected chi connectivity index (χ0v) is 13.2. The van der Waals surface area contributed by atoms with E-state index in [2.05, 4.69) is 32.6 Å². The molecule has 1 saturated heterocycles. The third-order valence-corrected chi connectivity index (χ3v) is 5.07. The van der Waals surface area contributed by atoms with Gasteiger partial charge in [0.1, 0.15) is 0 Å². The van der Waals surface area contributed by atoms with E-state index in [0.29, 0.717) is 30.1 Å². The highest BCUT2D eigenvalue weighted by Gasteiger charge is 2.28. The molecule has 3 aromatic heterocycles. The summed E-state index contributed by atoms with van der Waals surface area (Å²) in [4.78, 5) is 3.83. The lowest BCUT2D eigenvalue weighted by molar-refractivity contribution is 0.226. The number of likely N-dealkylation sites (tertiary alicyclic amines) is 1. The van der Waals surface area contributed by atoms with Crippen LogP contribution in [-0.4, -0.2) is 21.6 Å². The van der Waals surface area contributed by atoms with Crippen molar-refractivity contribution in [2.24, 2.45) is 0 Å². The van der Waals surface area contributed by atoms with Crippen LogP contribution in [0.25, 0.3) is 11.7 Å². The van der Waals surface area contributed by atoms with Crippen LogP contribution in [0.2, 0.25) is 0 Å². The van der Waals surface area contributed by atoms with Crippen LogP contribution in [0.5, 0.6) is 0 Å². The number of rotatable bonds is 4. The molecule has 1 aliphatic heterocycles. The smallest absolute Gasteiger partial charge is 0.283 e. The highest BCUT2D eigenvalue weighted by atomic mass is 32.1. The van der Waals surface area contributed by atoms with Crippen molar-refractivity contribution in [3.63, 3.8) is 0 Å². The van der Waals surface area contributed by atoms with Gasteiger partial charge in [-0.3, -0.25) is 4.90 Å². The van der Waals surface area contributed by atoms with Crippen LogP contribution in [0, 0.1) is 6.92 Å². The van der Waals surface area contributed by atoms with Gasteiger partial charge in [-0.15, -0.1) is 21.5 Å². The Labute approximate surface area is 132 Å². The highest BCUT2D eigenvalue weighted by molar-refractivity contribution is 7.10. The molecule has 0 amide bonds. The molecule has 1 fully saturated rings. The Hall–Kier alpha value is -1.92. The third-order valence-electron chi connectivity index (χ3n) is 4.10. The average Bonchev–Trinajstić information content (AvgIpc) is 3.25. The van der Waals surface area contributed by atoms with Gasteiger partial charge in [0, 0.05) is 16.5 Å². The summed E-state index contributed by atoms with van der Waals surface area (Å²) >= 11 is 1.82. The average molecular weight is 315 g/mol. The Morgan fingerprint density at radius 2 is 2.32 bits per heavy atom. The first-order valence-electron chi connectivity index (χ1n) is 7.45. The van der Waals surface area contributed by atoms with Gasteiger partial charge >= 0.3 is 0 Å². The van der Waals surface area contributed by atoms with Crippen molar-refractivity contribution in [1.82, 2.24) is 15.1 Å². The van der Waals surface area contributed by atoms with E-state index in [0.717, 1.165) is 12.1 Å². The lowest BCUT2D eigenvalue weighted by Gasteiger charge is -2.21. The highest BCUT2D eigenvalue weighted by Crippen LogP contribution is 2.35.